The fraction of sp³-hybridized carbons (Fsp3) is 0.733. The van der Waals surface area contributed by atoms with Crippen LogP contribution in [0.4, 0.5) is 5.69 Å². The van der Waals surface area contributed by atoms with Gasteiger partial charge in [0.2, 0.25) is 0 Å². The summed E-state index contributed by atoms with van der Waals surface area (Å²) in [5, 5.41) is 8.79. The molecule has 1 aliphatic carbocycles. The molecule has 2 heterocycles. The summed E-state index contributed by atoms with van der Waals surface area (Å²) in [7, 11) is 1.71. The maximum Gasteiger partial charge on any atom is 0.161 e. The number of hydrogen-bond donors (Lipinski definition) is 1. The van der Waals surface area contributed by atoms with Crippen LogP contribution >= 0.6 is 11.8 Å². The molecule has 2 unspecified atom stereocenters. The first kappa shape index (κ1) is 14.9. The summed E-state index contributed by atoms with van der Waals surface area (Å²) in [6.07, 6.45) is 9.01. The molecule has 0 saturated heterocycles. The van der Waals surface area contributed by atoms with Gasteiger partial charge in [-0.3, -0.25) is 9.67 Å². The highest BCUT2D eigenvalue weighted by Gasteiger charge is 2.39. The summed E-state index contributed by atoms with van der Waals surface area (Å²) in [6, 6.07) is 0. The number of hydrogen-bond acceptors (Lipinski definition) is 5. The van der Waals surface area contributed by atoms with Crippen LogP contribution in [0.3, 0.4) is 0 Å². The average molecular weight is 308 g/mol. The zero-order valence-electron chi connectivity index (χ0n) is 12.8. The maximum absolute atomic E-state index is 5.06. The summed E-state index contributed by atoms with van der Waals surface area (Å²) >= 11 is 1.85. The third kappa shape index (κ3) is 3.61. The fourth-order valence-corrected chi connectivity index (χ4v) is 4.45. The predicted molar refractivity (Wildman–Crippen MR) is 88.0 cm³/mol. The highest BCUT2D eigenvalue weighted by Crippen LogP contribution is 2.42. The van der Waals surface area contributed by atoms with E-state index < -0.39 is 0 Å². The SMILES string of the molecule is COCCn1cc(NC2=NC3(CCCC(C)C3)CS2)cn1. The van der Waals surface area contributed by atoms with E-state index in [1.165, 1.54) is 25.7 Å². The van der Waals surface area contributed by atoms with Gasteiger partial charge < -0.3 is 10.1 Å². The molecule has 0 radical (unpaired) electrons. The number of methoxy groups -OCH3 is 1. The molecule has 2 atom stereocenters. The summed E-state index contributed by atoms with van der Waals surface area (Å²) < 4.78 is 6.96. The van der Waals surface area contributed by atoms with Crippen molar-refractivity contribution in [2.24, 2.45) is 10.9 Å². The molecule has 1 spiro atoms. The van der Waals surface area contributed by atoms with Gasteiger partial charge in [-0.15, -0.1) is 0 Å². The van der Waals surface area contributed by atoms with E-state index in [2.05, 4.69) is 17.3 Å². The standard InChI is InChI=1S/C15H24N4OS/c1-12-4-3-5-15(8-12)11-21-14(18-15)17-13-9-16-19(10-13)6-7-20-2/h9-10,12H,3-8,11H2,1-2H3,(H,17,18). The van der Waals surface area contributed by atoms with Gasteiger partial charge in [0.15, 0.2) is 5.17 Å². The first-order valence-corrected chi connectivity index (χ1v) is 8.69. The second-order valence-corrected chi connectivity index (χ2v) is 7.21. The molecule has 1 aliphatic heterocycles. The molecule has 0 bridgehead atoms. The Hall–Kier alpha value is -1.01. The molecule has 1 N–H and O–H groups in total. The largest absolute Gasteiger partial charge is 0.383 e. The zero-order chi connectivity index (χ0) is 14.7. The number of ether oxygens (including phenoxy) is 1. The van der Waals surface area contributed by atoms with E-state index in [-0.39, 0.29) is 5.54 Å². The quantitative estimate of drug-likeness (QED) is 0.929. The lowest BCUT2D eigenvalue weighted by atomic mass is 9.78. The Balaban J connectivity index is 1.61. The van der Waals surface area contributed by atoms with Gasteiger partial charge in [0.1, 0.15) is 0 Å². The van der Waals surface area contributed by atoms with E-state index in [9.17, 15) is 0 Å². The van der Waals surface area contributed by atoms with Crippen LogP contribution in [0.2, 0.25) is 0 Å². The molecule has 116 valence electrons. The highest BCUT2D eigenvalue weighted by molar-refractivity contribution is 8.14. The van der Waals surface area contributed by atoms with Crippen LogP contribution in [0.5, 0.6) is 0 Å². The van der Waals surface area contributed by atoms with Crippen molar-refractivity contribution in [2.45, 2.75) is 44.7 Å². The van der Waals surface area contributed by atoms with Crippen LogP contribution in [0.15, 0.2) is 17.4 Å². The Kier molecular flexibility index (Phi) is 4.54. The Bertz CT molecular complexity index is 516. The molecule has 3 rings (SSSR count). The van der Waals surface area contributed by atoms with Gasteiger partial charge in [-0.2, -0.15) is 5.10 Å². The number of anilines is 1. The van der Waals surface area contributed by atoms with Crippen LogP contribution in [-0.4, -0.2) is 40.0 Å². The van der Waals surface area contributed by atoms with E-state index in [1.807, 2.05) is 28.8 Å². The zero-order valence-corrected chi connectivity index (χ0v) is 13.7. The van der Waals surface area contributed by atoms with E-state index >= 15 is 0 Å². The smallest absolute Gasteiger partial charge is 0.161 e. The van der Waals surface area contributed by atoms with Gasteiger partial charge in [0.25, 0.3) is 0 Å². The molecule has 0 aromatic carbocycles. The van der Waals surface area contributed by atoms with E-state index in [0.29, 0.717) is 6.61 Å². The number of nitrogens with zero attached hydrogens (tertiary/aromatic N) is 3. The van der Waals surface area contributed by atoms with Crippen molar-refractivity contribution < 1.29 is 4.74 Å². The molecule has 6 heteroatoms. The molecule has 1 fully saturated rings. The van der Waals surface area contributed by atoms with Crippen LogP contribution < -0.4 is 5.32 Å². The summed E-state index contributed by atoms with van der Waals surface area (Å²) in [4.78, 5) is 5.00. The lowest BCUT2D eigenvalue weighted by molar-refractivity contribution is 0.183. The molecule has 1 saturated carbocycles. The number of nitrogens with one attached hydrogen (secondary N) is 1. The summed E-state index contributed by atoms with van der Waals surface area (Å²) in [6.45, 7) is 3.81. The first-order valence-electron chi connectivity index (χ1n) is 7.70. The van der Waals surface area contributed by atoms with Crippen molar-refractivity contribution in [1.29, 1.82) is 0 Å². The minimum absolute atomic E-state index is 0.191. The van der Waals surface area contributed by atoms with Crippen LogP contribution in [0.1, 0.15) is 32.6 Å². The predicted octanol–water partition coefficient (Wildman–Crippen LogP) is 2.99. The van der Waals surface area contributed by atoms with Gasteiger partial charge in [-0.1, -0.05) is 31.5 Å². The van der Waals surface area contributed by atoms with Crippen molar-refractivity contribution in [3.05, 3.63) is 12.4 Å². The van der Waals surface area contributed by atoms with Crippen LogP contribution in [0.25, 0.3) is 0 Å². The summed E-state index contributed by atoms with van der Waals surface area (Å²) in [5.74, 6) is 1.93. The second-order valence-electron chi connectivity index (χ2n) is 6.24. The minimum Gasteiger partial charge on any atom is -0.383 e. The number of amidine groups is 1. The average Bonchev–Trinajstić information content (AvgIpc) is 3.05. The van der Waals surface area contributed by atoms with E-state index in [4.69, 9.17) is 9.73 Å². The third-order valence-electron chi connectivity index (χ3n) is 4.29. The van der Waals surface area contributed by atoms with Gasteiger partial charge in [-0.25, -0.2) is 0 Å². The second kappa shape index (κ2) is 6.40. The van der Waals surface area contributed by atoms with E-state index in [0.717, 1.165) is 29.1 Å². The summed E-state index contributed by atoms with van der Waals surface area (Å²) in [5.41, 5.74) is 1.20. The van der Waals surface area contributed by atoms with Crippen molar-refractivity contribution in [3.8, 4) is 0 Å². The Morgan fingerprint density at radius 3 is 3.29 bits per heavy atom. The topological polar surface area (TPSA) is 51.4 Å². The van der Waals surface area contributed by atoms with Gasteiger partial charge in [-0.05, 0) is 18.8 Å². The molecule has 1 aromatic heterocycles. The van der Waals surface area contributed by atoms with Crippen LogP contribution in [0, 0.1) is 5.92 Å². The lowest BCUT2D eigenvalue weighted by Crippen LogP contribution is -2.33. The molecule has 0 amide bonds. The number of thioether (sulfide) groups is 1. The molecular weight excluding hydrogens is 284 g/mol. The molecule has 2 aliphatic rings. The Morgan fingerprint density at radius 1 is 1.57 bits per heavy atom. The van der Waals surface area contributed by atoms with Crippen molar-refractivity contribution >= 4 is 22.6 Å². The molecule has 5 nitrogen and oxygen atoms in total. The van der Waals surface area contributed by atoms with Gasteiger partial charge in [0, 0.05) is 19.1 Å². The lowest BCUT2D eigenvalue weighted by Gasteiger charge is -2.33. The monoisotopic (exact) mass is 308 g/mol. The first-order chi connectivity index (χ1) is 10.2. The molecule has 1 aromatic rings. The highest BCUT2D eigenvalue weighted by atomic mass is 32.2. The number of rotatable bonds is 4. The minimum atomic E-state index is 0.191. The third-order valence-corrected chi connectivity index (χ3v) is 5.44. The van der Waals surface area contributed by atoms with Crippen LogP contribution in [-0.2, 0) is 11.3 Å². The Morgan fingerprint density at radius 2 is 2.48 bits per heavy atom. The van der Waals surface area contributed by atoms with Crippen molar-refractivity contribution in [2.75, 3.05) is 24.8 Å². The van der Waals surface area contributed by atoms with E-state index in [1.54, 1.807) is 7.11 Å². The molecule has 21 heavy (non-hydrogen) atoms. The van der Waals surface area contributed by atoms with Gasteiger partial charge in [0.05, 0.1) is 30.6 Å². The van der Waals surface area contributed by atoms with Crippen molar-refractivity contribution in [1.82, 2.24) is 9.78 Å². The number of aliphatic imine (C=N–C) groups is 1. The van der Waals surface area contributed by atoms with Gasteiger partial charge >= 0.3 is 0 Å². The Labute approximate surface area is 130 Å². The molecular formula is C15H24N4OS. The number of aromatic nitrogens is 2. The van der Waals surface area contributed by atoms with Crippen molar-refractivity contribution in [3.63, 3.8) is 0 Å². The fourth-order valence-electron chi connectivity index (χ4n) is 3.27. The maximum atomic E-state index is 5.06. The normalized spacial score (nSPS) is 28.9.